The van der Waals surface area contributed by atoms with Gasteiger partial charge in [-0.3, -0.25) is 9.59 Å². The quantitative estimate of drug-likeness (QED) is 0.643. The smallest absolute Gasteiger partial charge is 0.273 e. The van der Waals surface area contributed by atoms with E-state index in [2.05, 4.69) is 20.6 Å². The van der Waals surface area contributed by atoms with Crippen LogP contribution in [0, 0.1) is 12.8 Å². The molecule has 142 valence electrons. The summed E-state index contributed by atoms with van der Waals surface area (Å²) in [6, 6.07) is 5.67. The van der Waals surface area contributed by atoms with Gasteiger partial charge < -0.3 is 19.8 Å². The lowest BCUT2D eigenvalue weighted by atomic mass is 10.1. The molecule has 0 aliphatic heterocycles. The molecule has 1 atom stereocenters. The second-order valence-corrected chi connectivity index (χ2v) is 7.24. The Kier molecular flexibility index (Phi) is 5.70. The van der Waals surface area contributed by atoms with Crippen LogP contribution in [0.1, 0.15) is 28.3 Å². The van der Waals surface area contributed by atoms with Crippen LogP contribution in [0.15, 0.2) is 28.9 Å². The maximum Gasteiger partial charge on any atom is 0.273 e. The van der Waals surface area contributed by atoms with E-state index in [0.29, 0.717) is 5.75 Å². The third-order valence-corrected chi connectivity index (χ3v) is 4.83. The Morgan fingerprint density at radius 1 is 1.33 bits per heavy atom. The van der Waals surface area contributed by atoms with Crippen LogP contribution in [0.25, 0.3) is 10.2 Å². The molecule has 2 heterocycles. The molecular formula is C18H20N4O4S. The summed E-state index contributed by atoms with van der Waals surface area (Å²) < 4.78 is 12.1. The first-order chi connectivity index (χ1) is 13.0. The van der Waals surface area contributed by atoms with E-state index in [1.54, 1.807) is 25.3 Å². The number of aromatic nitrogens is 2. The Morgan fingerprint density at radius 3 is 2.93 bits per heavy atom. The largest absolute Gasteiger partial charge is 0.484 e. The molecule has 2 N–H and O–H groups in total. The first-order valence-electron chi connectivity index (χ1n) is 8.40. The van der Waals surface area contributed by atoms with Crippen LogP contribution in [-0.4, -0.2) is 35.4 Å². The molecule has 8 nitrogen and oxygen atoms in total. The van der Waals surface area contributed by atoms with Crippen LogP contribution in [0.2, 0.25) is 0 Å². The second-order valence-electron chi connectivity index (χ2n) is 6.00. The minimum atomic E-state index is -0.403. The Hall–Kier alpha value is -2.94. The highest BCUT2D eigenvalue weighted by molar-refractivity contribution is 7.18. The van der Waals surface area contributed by atoms with Crippen molar-refractivity contribution in [3.05, 3.63) is 41.1 Å². The minimum Gasteiger partial charge on any atom is -0.484 e. The highest BCUT2D eigenvalue weighted by atomic mass is 32.1. The number of benzene rings is 1. The van der Waals surface area contributed by atoms with Crippen LogP contribution in [0.3, 0.4) is 0 Å². The van der Waals surface area contributed by atoms with Gasteiger partial charge in [-0.05, 0) is 19.1 Å². The van der Waals surface area contributed by atoms with Crippen molar-refractivity contribution in [3.63, 3.8) is 0 Å². The number of nitrogens with zero attached hydrogens (tertiary/aromatic N) is 2. The lowest BCUT2D eigenvalue weighted by Crippen LogP contribution is -2.36. The zero-order valence-corrected chi connectivity index (χ0v) is 16.1. The molecule has 2 aromatic heterocycles. The molecule has 1 aromatic carbocycles. The summed E-state index contributed by atoms with van der Waals surface area (Å²) in [5.74, 6) is 0.0559. The predicted molar refractivity (Wildman–Crippen MR) is 101 cm³/mol. The van der Waals surface area contributed by atoms with E-state index < -0.39 is 5.91 Å². The summed E-state index contributed by atoms with van der Waals surface area (Å²) >= 11 is 1.62. The van der Waals surface area contributed by atoms with Crippen molar-refractivity contribution in [1.29, 1.82) is 0 Å². The lowest BCUT2D eigenvalue weighted by molar-refractivity contribution is -0.123. The first kappa shape index (κ1) is 18.8. The number of carbonyl (C=O) groups is 2. The third kappa shape index (κ3) is 4.62. The van der Waals surface area contributed by atoms with Gasteiger partial charge >= 0.3 is 0 Å². The van der Waals surface area contributed by atoms with E-state index in [9.17, 15) is 9.59 Å². The standard InChI is InChI=1S/C18H20N4O4S/c1-10(17(23)19-3)7-20-18(24)14-8-26-16(22-14)9-25-12-4-5-15-13(6-12)21-11(2)27-15/h4-6,8,10H,7,9H2,1-3H3,(H,19,23)(H,20,24)/t10-/m0/s1. The zero-order chi connectivity index (χ0) is 19.4. The van der Waals surface area contributed by atoms with E-state index in [0.717, 1.165) is 15.2 Å². The Balaban J connectivity index is 1.55. The van der Waals surface area contributed by atoms with Crippen LogP contribution >= 0.6 is 11.3 Å². The van der Waals surface area contributed by atoms with E-state index in [1.165, 1.54) is 6.26 Å². The normalized spacial score (nSPS) is 12.0. The van der Waals surface area contributed by atoms with Gasteiger partial charge in [-0.15, -0.1) is 11.3 Å². The molecule has 0 saturated heterocycles. The topological polar surface area (TPSA) is 106 Å². The van der Waals surface area contributed by atoms with Gasteiger partial charge in [-0.2, -0.15) is 0 Å². The van der Waals surface area contributed by atoms with E-state index in [1.807, 2.05) is 25.1 Å². The number of carbonyl (C=O) groups excluding carboxylic acids is 2. The Morgan fingerprint density at radius 2 is 2.15 bits per heavy atom. The number of nitrogens with one attached hydrogen (secondary N) is 2. The van der Waals surface area contributed by atoms with Gasteiger partial charge in [0.1, 0.15) is 12.0 Å². The first-order valence-corrected chi connectivity index (χ1v) is 9.22. The molecule has 0 aliphatic rings. The highest BCUT2D eigenvalue weighted by Crippen LogP contribution is 2.25. The van der Waals surface area contributed by atoms with Crippen molar-refractivity contribution in [1.82, 2.24) is 20.6 Å². The van der Waals surface area contributed by atoms with Crippen LogP contribution in [0.5, 0.6) is 5.75 Å². The molecule has 0 saturated carbocycles. The number of thiazole rings is 1. The fraction of sp³-hybridized carbons (Fsp3) is 0.333. The summed E-state index contributed by atoms with van der Waals surface area (Å²) in [6.07, 6.45) is 1.27. The average molecular weight is 388 g/mol. The summed E-state index contributed by atoms with van der Waals surface area (Å²) in [5, 5.41) is 6.18. The van der Waals surface area contributed by atoms with Crippen molar-refractivity contribution in [3.8, 4) is 5.75 Å². The fourth-order valence-corrected chi connectivity index (χ4v) is 3.22. The van der Waals surface area contributed by atoms with E-state index >= 15 is 0 Å². The molecule has 0 spiro atoms. The molecule has 0 bridgehead atoms. The number of hydrogen-bond acceptors (Lipinski definition) is 7. The van der Waals surface area contributed by atoms with Crippen LogP contribution in [0.4, 0.5) is 0 Å². The molecule has 0 aliphatic carbocycles. The van der Waals surface area contributed by atoms with Gasteiger partial charge in [0.25, 0.3) is 5.91 Å². The molecule has 9 heteroatoms. The molecule has 0 fully saturated rings. The molecule has 2 amide bonds. The average Bonchev–Trinajstić information content (AvgIpc) is 3.28. The van der Waals surface area contributed by atoms with Gasteiger partial charge in [-0.1, -0.05) is 6.92 Å². The maximum atomic E-state index is 12.1. The van der Waals surface area contributed by atoms with Crippen molar-refractivity contribution < 1.29 is 18.7 Å². The molecular weight excluding hydrogens is 368 g/mol. The van der Waals surface area contributed by atoms with Gasteiger partial charge in [0.05, 0.1) is 21.1 Å². The highest BCUT2D eigenvalue weighted by Gasteiger charge is 2.16. The van der Waals surface area contributed by atoms with E-state index in [-0.39, 0.29) is 36.6 Å². The second kappa shape index (κ2) is 8.17. The number of fused-ring (bicyclic) bond motifs is 1. The number of hydrogen-bond donors (Lipinski definition) is 2. The summed E-state index contributed by atoms with van der Waals surface area (Å²) in [4.78, 5) is 32.1. The fourth-order valence-electron chi connectivity index (χ4n) is 2.41. The van der Waals surface area contributed by atoms with Crippen LogP contribution < -0.4 is 15.4 Å². The number of aryl methyl sites for hydroxylation is 1. The Labute approximate surface area is 160 Å². The summed E-state index contributed by atoms with van der Waals surface area (Å²) in [5.41, 5.74) is 1.02. The van der Waals surface area contributed by atoms with Gasteiger partial charge in [0, 0.05) is 19.7 Å². The predicted octanol–water partition coefficient (Wildman–Crippen LogP) is 2.28. The number of ether oxygens (including phenoxy) is 1. The minimum absolute atomic E-state index is 0.0938. The Bertz CT molecular complexity index is 965. The van der Waals surface area contributed by atoms with E-state index in [4.69, 9.17) is 9.15 Å². The van der Waals surface area contributed by atoms with Gasteiger partial charge in [-0.25, -0.2) is 9.97 Å². The number of rotatable bonds is 7. The van der Waals surface area contributed by atoms with Crippen molar-refractivity contribution >= 4 is 33.4 Å². The number of amides is 2. The van der Waals surface area contributed by atoms with Crippen molar-refractivity contribution in [2.45, 2.75) is 20.5 Å². The van der Waals surface area contributed by atoms with Gasteiger partial charge in [0.2, 0.25) is 11.8 Å². The zero-order valence-electron chi connectivity index (χ0n) is 15.2. The molecule has 27 heavy (non-hydrogen) atoms. The number of oxazole rings is 1. The molecule has 3 aromatic rings. The maximum absolute atomic E-state index is 12.1. The summed E-state index contributed by atoms with van der Waals surface area (Å²) in [7, 11) is 1.55. The van der Waals surface area contributed by atoms with Gasteiger partial charge in [0.15, 0.2) is 12.3 Å². The lowest BCUT2D eigenvalue weighted by Gasteiger charge is -2.09. The monoisotopic (exact) mass is 388 g/mol. The summed E-state index contributed by atoms with van der Waals surface area (Å²) in [6.45, 7) is 3.99. The van der Waals surface area contributed by atoms with Crippen LogP contribution in [-0.2, 0) is 11.4 Å². The van der Waals surface area contributed by atoms with Crippen molar-refractivity contribution in [2.75, 3.05) is 13.6 Å². The van der Waals surface area contributed by atoms with Crippen molar-refractivity contribution in [2.24, 2.45) is 5.92 Å². The SMILES string of the molecule is CNC(=O)[C@@H](C)CNC(=O)c1coc(COc2ccc3sc(C)nc3c2)n1. The molecule has 0 radical (unpaired) electrons. The molecule has 3 rings (SSSR count). The third-order valence-electron chi connectivity index (χ3n) is 3.88. The molecule has 0 unspecified atom stereocenters.